The summed E-state index contributed by atoms with van der Waals surface area (Å²) in [6, 6.07) is 0. The van der Waals surface area contributed by atoms with Gasteiger partial charge in [0, 0.05) is 6.54 Å². The van der Waals surface area contributed by atoms with Gasteiger partial charge in [0.15, 0.2) is 0 Å². The molecule has 0 radical (unpaired) electrons. The molecule has 10 heavy (non-hydrogen) atoms. The van der Waals surface area contributed by atoms with E-state index in [4.69, 9.17) is 5.26 Å². The molecule has 0 aromatic carbocycles. The molecule has 0 fully saturated rings. The van der Waals surface area contributed by atoms with Crippen molar-refractivity contribution in [1.29, 1.82) is 0 Å². The first-order valence-corrected chi connectivity index (χ1v) is 3.83. The van der Waals surface area contributed by atoms with Gasteiger partial charge in [0.25, 0.3) is 0 Å². The van der Waals surface area contributed by atoms with Gasteiger partial charge in [-0.05, 0) is 19.5 Å². The zero-order valence-corrected chi connectivity index (χ0v) is 6.84. The summed E-state index contributed by atoms with van der Waals surface area (Å²) >= 11 is 0. The fourth-order valence-electron chi connectivity index (χ4n) is 0.893. The van der Waals surface area contributed by atoms with Crippen LogP contribution >= 0.6 is 0 Å². The summed E-state index contributed by atoms with van der Waals surface area (Å²) in [6.45, 7) is 7.85. The average molecular weight is 147 g/mol. The minimum Gasteiger partial charge on any atom is -0.304 e. The van der Waals surface area contributed by atoms with Crippen LogP contribution in [-0.4, -0.2) is 36.4 Å². The normalized spacial score (nSPS) is 10.8. The number of rotatable bonds is 6. The van der Waals surface area contributed by atoms with Gasteiger partial charge in [-0.3, -0.25) is 5.26 Å². The molecule has 0 aliphatic rings. The maximum Gasteiger partial charge on any atom is 0.0831 e. The Morgan fingerprint density at radius 3 is 2.30 bits per heavy atom. The third kappa shape index (κ3) is 4.73. The molecule has 0 atom stereocenters. The topological polar surface area (TPSA) is 32.7 Å². The molecule has 0 saturated carbocycles. The Balaban J connectivity index is 3.09. The third-order valence-corrected chi connectivity index (χ3v) is 1.60. The molecule has 0 aromatic heterocycles. The second-order valence-electron chi connectivity index (χ2n) is 2.21. The van der Waals surface area contributed by atoms with Crippen LogP contribution in [0.25, 0.3) is 0 Å². The molecule has 0 rings (SSSR count). The molecule has 0 aromatic rings. The summed E-state index contributed by atoms with van der Waals surface area (Å²) in [7, 11) is 0. The van der Waals surface area contributed by atoms with E-state index >= 15 is 0 Å². The maximum atomic E-state index is 8.01. The molecule has 0 spiro atoms. The lowest BCUT2D eigenvalue weighted by Gasteiger charge is -2.16. The molecule has 1 N–H and O–H groups in total. The quantitative estimate of drug-likeness (QED) is 0.348. The van der Waals surface area contributed by atoms with E-state index in [1.54, 1.807) is 0 Å². The van der Waals surface area contributed by atoms with E-state index in [1.807, 2.05) is 0 Å². The number of hydrogen-bond acceptors (Lipinski definition) is 3. The molecule has 0 aliphatic heterocycles. The van der Waals surface area contributed by atoms with E-state index in [2.05, 4.69) is 23.6 Å². The van der Waals surface area contributed by atoms with Gasteiger partial charge < -0.3 is 4.90 Å². The van der Waals surface area contributed by atoms with Crippen molar-refractivity contribution in [3.63, 3.8) is 0 Å². The van der Waals surface area contributed by atoms with Crippen LogP contribution < -0.4 is 0 Å². The summed E-state index contributed by atoms with van der Waals surface area (Å²) in [6.07, 6.45) is 0.901. The molecule has 62 valence electrons. The summed E-state index contributed by atoms with van der Waals surface area (Å²) in [5.41, 5.74) is 0. The Kier molecular flexibility index (Phi) is 6.91. The van der Waals surface area contributed by atoms with Gasteiger partial charge in [-0.2, -0.15) is 0 Å². The minimum atomic E-state index is 0.441. The summed E-state index contributed by atoms with van der Waals surface area (Å²) in [5.74, 6) is 0. The fourth-order valence-corrected chi connectivity index (χ4v) is 0.893. The summed E-state index contributed by atoms with van der Waals surface area (Å²) in [5, 5.41) is 8.01. The first-order valence-electron chi connectivity index (χ1n) is 3.83. The summed E-state index contributed by atoms with van der Waals surface area (Å²) in [4.78, 5) is 6.25. The van der Waals surface area contributed by atoms with Crippen LogP contribution in [-0.2, 0) is 4.89 Å². The second-order valence-corrected chi connectivity index (χ2v) is 2.21. The molecule has 0 amide bonds. The first-order chi connectivity index (χ1) is 4.85. The number of nitrogens with zero attached hydrogens (tertiary/aromatic N) is 1. The second kappa shape index (κ2) is 6.99. The zero-order chi connectivity index (χ0) is 7.82. The molecular weight excluding hydrogens is 130 g/mol. The fraction of sp³-hybridized carbons (Fsp3) is 1.00. The van der Waals surface area contributed by atoms with Gasteiger partial charge in [0.1, 0.15) is 0 Å². The molecule has 0 aliphatic carbocycles. The lowest BCUT2D eigenvalue weighted by molar-refractivity contribution is -0.243. The zero-order valence-electron chi connectivity index (χ0n) is 6.84. The predicted molar refractivity (Wildman–Crippen MR) is 41.0 cm³/mol. The number of hydrogen-bond donors (Lipinski definition) is 1. The lowest BCUT2D eigenvalue weighted by Crippen LogP contribution is -2.24. The molecule has 0 unspecified atom stereocenters. The molecule has 0 bridgehead atoms. The van der Waals surface area contributed by atoms with E-state index in [-0.39, 0.29) is 0 Å². The Morgan fingerprint density at radius 2 is 1.90 bits per heavy atom. The largest absolute Gasteiger partial charge is 0.304 e. The first kappa shape index (κ1) is 9.88. The van der Waals surface area contributed by atoms with E-state index < -0.39 is 0 Å². The van der Waals surface area contributed by atoms with Gasteiger partial charge in [-0.25, -0.2) is 4.89 Å². The third-order valence-electron chi connectivity index (χ3n) is 1.60. The smallest absolute Gasteiger partial charge is 0.0831 e. The van der Waals surface area contributed by atoms with Gasteiger partial charge in [-0.1, -0.05) is 13.8 Å². The van der Waals surface area contributed by atoms with Crippen LogP contribution in [0.5, 0.6) is 0 Å². The van der Waals surface area contributed by atoms with E-state index in [1.165, 1.54) is 0 Å². The molecule has 3 nitrogen and oxygen atoms in total. The molecule has 0 saturated heterocycles. The minimum absolute atomic E-state index is 0.441. The highest BCUT2D eigenvalue weighted by Gasteiger charge is 1.96. The Labute approximate surface area is 62.5 Å². The van der Waals surface area contributed by atoms with Gasteiger partial charge in [-0.15, -0.1) is 0 Å². The van der Waals surface area contributed by atoms with Crippen molar-refractivity contribution in [2.45, 2.75) is 20.3 Å². The molecular formula is C7H17NO2. The Bertz CT molecular complexity index is 64.6. The van der Waals surface area contributed by atoms with Crippen molar-refractivity contribution in [3.8, 4) is 0 Å². The monoisotopic (exact) mass is 147 g/mol. The van der Waals surface area contributed by atoms with Crippen molar-refractivity contribution < 1.29 is 10.1 Å². The standard InChI is InChI=1S/C7H17NO2/c1-3-8(4-2)6-5-7-10-9/h9H,3-7H2,1-2H3. The average Bonchev–Trinajstić information content (AvgIpc) is 1.99. The van der Waals surface area contributed by atoms with Crippen LogP contribution in [0.3, 0.4) is 0 Å². The van der Waals surface area contributed by atoms with Crippen molar-refractivity contribution in [2.75, 3.05) is 26.2 Å². The predicted octanol–water partition coefficient (Wildman–Crippen LogP) is 1.21. The van der Waals surface area contributed by atoms with Crippen LogP contribution in [0.4, 0.5) is 0 Å². The highest BCUT2D eigenvalue weighted by molar-refractivity contribution is 4.50. The van der Waals surface area contributed by atoms with E-state index in [0.29, 0.717) is 6.61 Å². The van der Waals surface area contributed by atoms with Crippen LogP contribution in [0.2, 0.25) is 0 Å². The van der Waals surface area contributed by atoms with Crippen molar-refractivity contribution in [3.05, 3.63) is 0 Å². The SMILES string of the molecule is CCN(CC)CCCOO. The highest BCUT2D eigenvalue weighted by Crippen LogP contribution is 1.89. The van der Waals surface area contributed by atoms with Gasteiger partial charge in [0.05, 0.1) is 6.61 Å². The summed E-state index contributed by atoms with van der Waals surface area (Å²) < 4.78 is 0. The van der Waals surface area contributed by atoms with Gasteiger partial charge in [0.2, 0.25) is 0 Å². The molecule has 0 heterocycles. The van der Waals surface area contributed by atoms with Crippen molar-refractivity contribution in [2.24, 2.45) is 0 Å². The van der Waals surface area contributed by atoms with Crippen LogP contribution in [0.15, 0.2) is 0 Å². The Morgan fingerprint density at radius 1 is 1.30 bits per heavy atom. The highest BCUT2D eigenvalue weighted by atomic mass is 17.1. The van der Waals surface area contributed by atoms with E-state index in [9.17, 15) is 0 Å². The maximum absolute atomic E-state index is 8.01. The van der Waals surface area contributed by atoms with Crippen LogP contribution in [0, 0.1) is 0 Å². The lowest BCUT2D eigenvalue weighted by atomic mass is 10.4. The molecule has 3 heteroatoms. The van der Waals surface area contributed by atoms with Crippen molar-refractivity contribution in [1.82, 2.24) is 4.90 Å². The Hall–Kier alpha value is -0.120. The van der Waals surface area contributed by atoms with Crippen LogP contribution in [0.1, 0.15) is 20.3 Å². The van der Waals surface area contributed by atoms with E-state index in [0.717, 1.165) is 26.1 Å². The van der Waals surface area contributed by atoms with Crippen molar-refractivity contribution >= 4 is 0 Å². The van der Waals surface area contributed by atoms with Gasteiger partial charge >= 0.3 is 0 Å².